The number of hydrogen-bond donors (Lipinski definition) is 4. The minimum absolute atomic E-state index is 0.833. The molecule has 122 valence electrons. The molecule has 0 fully saturated rings. The van der Waals surface area contributed by atoms with E-state index in [0.29, 0.717) is 0 Å². The quantitative estimate of drug-likeness (QED) is 0.368. The molecule has 0 aromatic carbocycles. The van der Waals surface area contributed by atoms with E-state index in [1.807, 2.05) is 0 Å². The molecule has 0 aromatic heterocycles. The third-order valence-electron chi connectivity index (χ3n) is 0.292. The van der Waals surface area contributed by atoms with Gasteiger partial charge >= 0.3 is 15.6 Å². The van der Waals surface area contributed by atoms with Gasteiger partial charge in [-0.2, -0.15) is 21.6 Å². The maximum atomic E-state index is 10.7. The first-order valence-electron chi connectivity index (χ1n) is 4.07. The SMILES string of the molecule is CC(=O)O.CC(=O)O.CC(=O)O.O=S(=O)(O)C(F)(F)F. The second-order valence-electron chi connectivity index (χ2n) is 2.48. The predicted octanol–water partition coefficient (Wildman–Crippen LogP) is 0.667. The van der Waals surface area contributed by atoms with Crippen LogP contribution in [0.1, 0.15) is 20.8 Å². The van der Waals surface area contributed by atoms with E-state index in [0.717, 1.165) is 20.8 Å². The first kappa shape index (κ1) is 26.6. The molecule has 0 atom stereocenters. The highest BCUT2D eigenvalue weighted by Gasteiger charge is 2.44. The smallest absolute Gasteiger partial charge is 0.481 e. The third-order valence-corrected chi connectivity index (χ3v) is 0.877. The highest BCUT2D eigenvalue weighted by Crippen LogP contribution is 2.20. The van der Waals surface area contributed by atoms with Crippen LogP contribution in [0.2, 0.25) is 0 Å². The number of carbonyl (C=O) groups is 3. The van der Waals surface area contributed by atoms with Crippen molar-refractivity contribution >= 4 is 28.0 Å². The molecule has 0 unspecified atom stereocenters. The van der Waals surface area contributed by atoms with Crippen LogP contribution in [0.5, 0.6) is 0 Å². The number of alkyl halides is 3. The van der Waals surface area contributed by atoms with Crippen LogP contribution >= 0.6 is 0 Å². The highest BCUT2D eigenvalue weighted by molar-refractivity contribution is 7.86. The van der Waals surface area contributed by atoms with Crippen molar-refractivity contribution in [3.63, 3.8) is 0 Å². The van der Waals surface area contributed by atoms with Gasteiger partial charge in [0.1, 0.15) is 0 Å². The van der Waals surface area contributed by atoms with E-state index in [-0.39, 0.29) is 0 Å². The molecule has 9 nitrogen and oxygen atoms in total. The predicted molar refractivity (Wildman–Crippen MR) is 57.5 cm³/mol. The molecule has 0 spiro atoms. The molecule has 13 heteroatoms. The molecule has 0 radical (unpaired) electrons. The van der Waals surface area contributed by atoms with Gasteiger partial charge in [-0.05, 0) is 0 Å². The van der Waals surface area contributed by atoms with Gasteiger partial charge in [-0.3, -0.25) is 18.9 Å². The Morgan fingerprint density at radius 2 is 0.850 bits per heavy atom. The van der Waals surface area contributed by atoms with E-state index in [9.17, 15) is 13.2 Å². The van der Waals surface area contributed by atoms with Crippen LogP contribution in [0, 0.1) is 0 Å². The maximum Gasteiger partial charge on any atom is 0.522 e. The van der Waals surface area contributed by atoms with Gasteiger partial charge in [0, 0.05) is 20.8 Å². The van der Waals surface area contributed by atoms with Gasteiger partial charge in [-0.1, -0.05) is 0 Å². The molecule has 0 saturated heterocycles. The Morgan fingerprint density at radius 1 is 0.800 bits per heavy atom. The van der Waals surface area contributed by atoms with Crippen LogP contribution in [0.15, 0.2) is 0 Å². The number of halogens is 3. The number of carboxylic acid groups (broad SMARTS) is 3. The maximum absolute atomic E-state index is 10.7. The second kappa shape index (κ2) is 12.2. The topological polar surface area (TPSA) is 166 Å². The number of carboxylic acids is 3. The van der Waals surface area contributed by atoms with Gasteiger partial charge in [-0.25, -0.2) is 0 Å². The standard InChI is InChI=1S/3C2H4O2.CHF3O3S/c3*1-2(3)4;2-1(3,4)8(5,6)7/h3*1H3,(H,3,4);(H,5,6,7). The van der Waals surface area contributed by atoms with Crippen molar-refractivity contribution in [1.29, 1.82) is 0 Å². The largest absolute Gasteiger partial charge is 0.522 e. The van der Waals surface area contributed by atoms with Crippen molar-refractivity contribution in [2.24, 2.45) is 0 Å². The third kappa shape index (κ3) is 72.8. The Balaban J connectivity index is -0.0000000917. The number of hydrogen-bond acceptors (Lipinski definition) is 5. The molecule has 0 aliphatic carbocycles. The summed E-state index contributed by atoms with van der Waals surface area (Å²) in [6.45, 7) is 3.25. The fourth-order valence-electron chi connectivity index (χ4n) is 0. The van der Waals surface area contributed by atoms with Gasteiger partial charge in [-0.15, -0.1) is 0 Å². The van der Waals surface area contributed by atoms with Crippen molar-refractivity contribution in [3.8, 4) is 0 Å². The van der Waals surface area contributed by atoms with E-state index in [1.54, 1.807) is 0 Å². The number of aliphatic carboxylic acids is 3. The fraction of sp³-hybridized carbons (Fsp3) is 0.571. The van der Waals surface area contributed by atoms with Crippen LogP contribution in [0.4, 0.5) is 13.2 Å². The van der Waals surface area contributed by atoms with Gasteiger partial charge in [0.2, 0.25) is 0 Å². The summed E-state index contributed by atoms with van der Waals surface area (Å²) < 4.78 is 57.5. The lowest BCUT2D eigenvalue weighted by Crippen LogP contribution is -2.21. The van der Waals surface area contributed by atoms with Gasteiger partial charge in [0.15, 0.2) is 0 Å². The zero-order valence-corrected chi connectivity index (χ0v) is 11.2. The minimum atomic E-state index is -5.84. The van der Waals surface area contributed by atoms with E-state index in [4.69, 9.17) is 42.7 Å². The van der Waals surface area contributed by atoms with Crippen LogP contribution in [0.25, 0.3) is 0 Å². The average Bonchev–Trinajstić information content (AvgIpc) is 1.94. The summed E-state index contributed by atoms with van der Waals surface area (Å²) in [5, 5.41) is 22.2. The molecule has 0 heterocycles. The molecular weight excluding hydrogens is 317 g/mol. The van der Waals surface area contributed by atoms with E-state index >= 15 is 0 Å². The molecular formula is C7H13F3O9S. The fourth-order valence-corrected chi connectivity index (χ4v) is 0. The van der Waals surface area contributed by atoms with E-state index in [2.05, 4.69) is 0 Å². The molecule has 0 aliphatic rings. The zero-order valence-electron chi connectivity index (χ0n) is 10.4. The van der Waals surface area contributed by atoms with E-state index in [1.165, 1.54) is 0 Å². The van der Waals surface area contributed by atoms with Crippen molar-refractivity contribution in [3.05, 3.63) is 0 Å². The lowest BCUT2D eigenvalue weighted by atomic mass is 10.9. The Morgan fingerprint density at radius 3 is 0.850 bits per heavy atom. The molecule has 20 heavy (non-hydrogen) atoms. The Bertz CT molecular complexity index is 358. The van der Waals surface area contributed by atoms with Gasteiger partial charge < -0.3 is 15.3 Å². The number of rotatable bonds is 0. The first-order chi connectivity index (χ1) is 8.45. The van der Waals surface area contributed by atoms with Crippen molar-refractivity contribution in [2.45, 2.75) is 26.3 Å². The van der Waals surface area contributed by atoms with Gasteiger partial charge in [0.25, 0.3) is 17.9 Å². The van der Waals surface area contributed by atoms with Crippen LogP contribution in [-0.4, -0.2) is 51.7 Å². The van der Waals surface area contributed by atoms with Crippen LogP contribution in [0.3, 0.4) is 0 Å². The molecule has 0 amide bonds. The second-order valence-corrected chi connectivity index (χ2v) is 3.89. The summed E-state index contributed by atoms with van der Waals surface area (Å²) in [5.41, 5.74) is -5.53. The Hall–Kier alpha value is -1.89. The van der Waals surface area contributed by atoms with Crippen molar-refractivity contribution in [1.82, 2.24) is 0 Å². The lowest BCUT2D eigenvalue weighted by molar-refractivity contribution is -0.135. The molecule has 0 bridgehead atoms. The summed E-state index contributed by atoms with van der Waals surface area (Å²) in [5.74, 6) is -2.50. The lowest BCUT2D eigenvalue weighted by Gasteiger charge is -1.97. The Kier molecular flexibility index (Phi) is 16.2. The Labute approximate surface area is 111 Å². The summed E-state index contributed by atoms with van der Waals surface area (Å²) in [7, 11) is -5.84. The first-order valence-corrected chi connectivity index (χ1v) is 5.51. The summed E-state index contributed by atoms with van der Waals surface area (Å²) in [4.78, 5) is 27.0. The molecule has 0 aromatic rings. The normalized spacial score (nSPS) is 9.35. The zero-order chi connectivity index (χ0) is 17.7. The molecule has 4 N–H and O–H groups in total. The van der Waals surface area contributed by atoms with Crippen molar-refractivity contribution < 1.29 is 55.8 Å². The molecule has 0 aliphatic heterocycles. The molecule has 0 rings (SSSR count). The minimum Gasteiger partial charge on any atom is -0.481 e. The summed E-state index contributed by atoms with van der Waals surface area (Å²) in [6, 6.07) is 0. The summed E-state index contributed by atoms with van der Waals surface area (Å²) in [6.07, 6.45) is 0. The average molecular weight is 330 g/mol. The van der Waals surface area contributed by atoms with Gasteiger partial charge in [0.05, 0.1) is 0 Å². The molecule has 0 saturated carbocycles. The van der Waals surface area contributed by atoms with Crippen LogP contribution in [-0.2, 0) is 24.5 Å². The van der Waals surface area contributed by atoms with E-state index < -0.39 is 33.5 Å². The highest BCUT2D eigenvalue weighted by atomic mass is 32.2. The summed E-state index contributed by atoms with van der Waals surface area (Å²) >= 11 is 0. The van der Waals surface area contributed by atoms with Crippen LogP contribution < -0.4 is 0 Å². The van der Waals surface area contributed by atoms with Crippen molar-refractivity contribution in [2.75, 3.05) is 0 Å². The monoisotopic (exact) mass is 330 g/mol.